The molecule has 2 aromatic carbocycles. The van der Waals surface area contributed by atoms with Crippen molar-refractivity contribution in [2.24, 2.45) is 0 Å². The molecular weight excluding hydrogens is 344 g/mol. The molecule has 4 rings (SSSR count). The Hall–Kier alpha value is -3.15. The third-order valence-electron chi connectivity index (χ3n) is 5.25. The van der Waals surface area contributed by atoms with Crippen LogP contribution in [-0.2, 0) is 10.3 Å². The molecular formula is C21H20N2O4. The van der Waals surface area contributed by atoms with Gasteiger partial charge in [0.25, 0.3) is 5.91 Å². The van der Waals surface area contributed by atoms with E-state index in [1.54, 1.807) is 24.3 Å². The van der Waals surface area contributed by atoms with Crippen LogP contribution in [0.5, 0.6) is 5.75 Å². The van der Waals surface area contributed by atoms with Gasteiger partial charge in [-0.25, -0.2) is 4.79 Å². The Balaban J connectivity index is 1.65. The van der Waals surface area contributed by atoms with Gasteiger partial charge in [-0.05, 0) is 31.5 Å². The minimum atomic E-state index is -1.16. The quantitative estimate of drug-likeness (QED) is 0.671. The zero-order chi connectivity index (χ0) is 19.2. The van der Waals surface area contributed by atoms with Crippen molar-refractivity contribution in [3.8, 4) is 5.75 Å². The molecule has 0 radical (unpaired) electrons. The fourth-order valence-electron chi connectivity index (χ4n) is 3.78. The van der Waals surface area contributed by atoms with Gasteiger partial charge in [-0.3, -0.25) is 14.5 Å². The van der Waals surface area contributed by atoms with Crippen LogP contribution in [0.2, 0.25) is 0 Å². The number of amides is 3. The number of Topliss-reactive ketones (excluding diaryl/α,β-unsaturated/α-hetero) is 1. The van der Waals surface area contributed by atoms with Crippen LogP contribution in [0.3, 0.4) is 0 Å². The normalized spacial score (nSPS) is 21.0. The summed E-state index contributed by atoms with van der Waals surface area (Å²) in [4.78, 5) is 39.6. The Morgan fingerprint density at radius 2 is 1.96 bits per heavy atom. The van der Waals surface area contributed by atoms with E-state index in [-0.39, 0.29) is 12.3 Å². The zero-order valence-electron chi connectivity index (χ0n) is 15.2. The molecule has 2 aliphatic rings. The number of para-hydroxylation sites is 1. The van der Waals surface area contributed by atoms with Gasteiger partial charge in [0.1, 0.15) is 5.75 Å². The van der Waals surface area contributed by atoms with Gasteiger partial charge in [-0.15, -0.1) is 0 Å². The molecule has 2 aliphatic heterocycles. The van der Waals surface area contributed by atoms with E-state index in [0.717, 1.165) is 16.0 Å². The number of nitrogens with one attached hydrogen (secondary N) is 1. The standard InChI is InChI=1S/C21H20N2O4/c1-13-7-8-14(2)15(11-13)17(24)12-23-19(25)21(22-20(23)26)9-10-27-18-6-4-3-5-16(18)21/h3-8,11H,9-10,12H2,1-2H3,(H,22,26)/t21-/m1/s1. The maximum Gasteiger partial charge on any atom is 0.325 e. The predicted molar refractivity (Wildman–Crippen MR) is 98.7 cm³/mol. The van der Waals surface area contributed by atoms with Crippen molar-refractivity contribution in [3.63, 3.8) is 0 Å². The molecule has 0 aliphatic carbocycles. The Bertz CT molecular complexity index is 968. The summed E-state index contributed by atoms with van der Waals surface area (Å²) in [6, 6.07) is 12.2. The number of aryl methyl sites for hydroxylation is 2. The average Bonchev–Trinajstić information content (AvgIpc) is 2.89. The number of imide groups is 1. The number of ketones is 1. The summed E-state index contributed by atoms with van der Waals surface area (Å²) in [6.07, 6.45) is 0.336. The van der Waals surface area contributed by atoms with Gasteiger partial charge >= 0.3 is 6.03 Å². The monoisotopic (exact) mass is 364 g/mol. The molecule has 138 valence electrons. The highest BCUT2D eigenvalue weighted by atomic mass is 16.5. The number of urea groups is 1. The number of carbonyl (C=O) groups is 3. The van der Waals surface area contributed by atoms with Crippen LogP contribution in [0.15, 0.2) is 42.5 Å². The van der Waals surface area contributed by atoms with E-state index in [1.165, 1.54) is 0 Å². The van der Waals surface area contributed by atoms with Crippen LogP contribution in [0.25, 0.3) is 0 Å². The molecule has 0 saturated carbocycles. The molecule has 27 heavy (non-hydrogen) atoms. The van der Waals surface area contributed by atoms with E-state index in [4.69, 9.17) is 4.74 Å². The molecule has 1 saturated heterocycles. The fourth-order valence-corrected chi connectivity index (χ4v) is 3.78. The SMILES string of the molecule is Cc1ccc(C)c(C(=O)CN2C(=O)N[C@@]3(CCOc4ccccc43)C2=O)c1. The lowest BCUT2D eigenvalue weighted by Crippen LogP contribution is -2.47. The van der Waals surface area contributed by atoms with Crippen LogP contribution < -0.4 is 10.1 Å². The number of hydrogen-bond acceptors (Lipinski definition) is 4. The lowest BCUT2D eigenvalue weighted by Gasteiger charge is -2.33. The van der Waals surface area contributed by atoms with Crippen molar-refractivity contribution in [1.82, 2.24) is 10.2 Å². The van der Waals surface area contributed by atoms with Crippen LogP contribution in [-0.4, -0.2) is 35.8 Å². The maximum atomic E-state index is 13.2. The third-order valence-corrected chi connectivity index (χ3v) is 5.25. The van der Waals surface area contributed by atoms with Gasteiger partial charge in [-0.2, -0.15) is 0 Å². The highest BCUT2D eigenvalue weighted by molar-refractivity contribution is 6.12. The van der Waals surface area contributed by atoms with Gasteiger partial charge in [0.15, 0.2) is 11.3 Å². The molecule has 2 heterocycles. The first-order valence-electron chi connectivity index (χ1n) is 8.89. The van der Waals surface area contributed by atoms with Gasteiger partial charge < -0.3 is 10.1 Å². The summed E-state index contributed by atoms with van der Waals surface area (Å²) < 4.78 is 5.62. The number of carbonyl (C=O) groups excluding carboxylic acids is 3. The van der Waals surface area contributed by atoms with Crippen molar-refractivity contribution in [2.75, 3.05) is 13.2 Å². The largest absolute Gasteiger partial charge is 0.493 e. The minimum Gasteiger partial charge on any atom is -0.493 e. The van der Waals surface area contributed by atoms with Crippen molar-refractivity contribution in [1.29, 1.82) is 0 Å². The molecule has 2 aromatic rings. The molecule has 1 N–H and O–H groups in total. The number of ether oxygens (including phenoxy) is 1. The Morgan fingerprint density at radius 3 is 2.78 bits per heavy atom. The van der Waals surface area contributed by atoms with Gasteiger partial charge in [0, 0.05) is 17.5 Å². The third kappa shape index (κ3) is 2.68. The Morgan fingerprint density at radius 1 is 1.19 bits per heavy atom. The van der Waals surface area contributed by atoms with Crippen molar-refractivity contribution < 1.29 is 19.1 Å². The molecule has 0 aromatic heterocycles. The highest BCUT2D eigenvalue weighted by Crippen LogP contribution is 2.40. The first-order valence-corrected chi connectivity index (χ1v) is 8.89. The van der Waals surface area contributed by atoms with E-state index >= 15 is 0 Å². The van der Waals surface area contributed by atoms with E-state index in [2.05, 4.69) is 5.32 Å². The summed E-state index contributed by atoms with van der Waals surface area (Å²) in [5, 5.41) is 2.81. The molecule has 1 fully saturated rings. The molecule has 3 amide bonds. The molecule has 0 unspecified atom stereocenters. The Labute approximate surface area is 157 Å². The van der Waals surface area contributed by atoms with E-state index in [0.29, 0.717) is 29.9 Å². The van der Waals surface area contributed by atoms with E-state index in [1.807, 2.05) is 32.0 Å². The zero-order valence-corrected chi connectivity index (χ0v) is 15.2. The van der Waals surface area contributed by atoms with Crippen LogP contribution in [0.4, 0.5) is 4.79 Å². The maximum absolute atomic E-state index is 13.2. The molecule has 6 heteroatoms. The van der Waals surface area contributed by atoms with Gasteiger partial charge in [0.05, 0.1) is 13.2 Å². The minimum absolute atomic E-state index is 0.253. The fraction of sp³-hybridized carbons (Fsp3) is 0.286. The second kappa shape index (κ2) is 6.23. The van der Waals surface area contributed by atoms with Crippen LogP contribution in [0, 0.1) is 13.8 Å². The lowest BCUT2D eigenvalue weighted by atomic mass is 9.84. The lowest BCUT2D eigenvalue weighted by molar-refractivity contribution is -0.132. The van der Waals surface area contributed by atoms with Gasteiger partial charge in [-0.1, -0.05) is 35.9 Å². The second-order valence-corrected chi connectivity index (χ2v) is 7.06. The summed E-state index contributed by atoms with van der Waals surface area (Å²) in [5.74, 6) is -0.0703. The van der Waals surface area contributed by atoms with Crippen LogP contribution in [0.1, 0.15) is 33.5 Å². The molecule has 1 spiro atoms. The molecule has 0 bridgehead atoms. The van der Waals surface area contributed by atoms with Crippen molar-refractivity contribution in [3.05, 3.63) is 64.7 Å². The summed E-state index contributed by atoms with van der Waals surface area (Å²) >= 11 is 0. The topological polar surface area (TPSA) is 75.7 Å². The molecule has 6 nitrogen and oxygen atoms in total. The highest BCUT2D eigenvalue weighted by Gasteiger charge is 2.55. The van der Waals surface area contributed by atoms with Crippen molar-refractivity contribution in [2.45, 2.75) is 25.8 Å². The number of fused-ring (bicyclic) bond motifs is 2. The van der Waals surface area contributed by atoms with Crippen LogP contribution >= 0.6 is 0 Å². The van der Waals surface area contributed by atoms with Crippen molar-refractivity contribution >= 4 is 17.7 Å². The van der Waals surface area contributed by atoms with E-state index in [9.17, 15) is 14.4 Å². The Kier molecular flexibility index (Phi) is 3.98. The smallest absolute Gasteiger partial charge is 0.325 e. The summed E-state index contributed by atoms with van der Waals surface area (Å²) in [5.41, 5.74) is 1.79. The predicted octanol–water partition coefficient (Wildman–Crippen LogP) is 2.72. The molecule has 1 atom stereocenters. The first-order chi connectivity index (χ1) is 12.9. The second-order valence-electron chi connectivity index (χ2n) is 7.06. The summed E-state index contributed by atoms with van der Waals surface area (Å²) in [7, 11) is 0. The average molecular weight is 364 g/mol. The van der Waals surface area contributed by atoms with Gasteiger partial charge in [0.2, 0.25) is 0 Å². The first kappa shape index (κ1) is 17.3. The number of benzene rings is 2. The van der Waals surface area contributed by atoms with E-state index < -0.39 is 17.5 Å². The number of nitrogens with zero attached hydrogens (tertiary/aromatic N) is 1. The number of hydrogen-bond donors (Lipinski definition) is 1. The number of rotatable bonds is 3. The summed E-state index contributed by atoms with van der Waals surface area (Å²) in [6.45, 7) is 3.79.